The van der Waals surface area contributed by atoms with Gasteiger partial charge in [0.05, 0.1) is 12.9 Å². The van der Waals surface area contributed by atoms with Gasteiger partial charge in [-0.1, -0.05) is 19.1 Å². The van der Waals surface area contributed by atoms with Crippen molar-refractivity contribution in [2.75, 3.05) is 33.2 Å². The number of hydrogen-bond acceptors (Lipinski definition) is 5. The van der Waals surface area contributed by atoms with Gasteiger partial charge < -0.3 is 19.1 Å². The number of aryl methyl sites for hydroxylation is 1. The summed E-state index contributed by atoms with van der Waals surface area (Å²) in [5.41, 5.74) is 0.827. The third-order valence-electron chi connectivity index (χ3n) is 7.60. The van der Waals surface area contributed by atoms with Gasteiger partial charge in [-0.05, 0) is 48.8 Å². The molecule has 1 aromatic carbocycles. The summed E-state index contributed by atoms with van der Waals surface area (Å²) in [4.78, 5) is 35.7. The van der Waals surface area contributed by atoms with E-state index >= 15 is 0 Å². The van der Waals surface area contributed by atoms with Gasteiger partial charge in [-0.25, -0.2) is 4.98 Å². The van der Waals surface area contributed by atoms with E-state index in [9.17, 15) is 22.8 Å². The molecule has 0 radical (unpaired) electrons. The first-order valence-electron chi connectivity index (χ1n) is 12.5. The highest BCUT2D eigenvalue weighted by molar-refractivity contribution is 5.92. The molecule has 1 saturated carbocycles. The third-order valence-corrected chi connectivity index (χ3v) is 7.60. The molecule has 37 heavy (non-hydrogen) atoms. The normalized spacial score (nSPS) is 21.9. The van der Waals surface area contributed by atoms with E-state index in [0.717, 1.165) is 19.5 Å². The molecule has 2 amide bonds. The largest absolute Gasteiger partial charge is 0.573 e. The Morgan fingerprint density at radius 2 is 1.95 bits per heavy atom. The summed E-state index contributed by atoms with van der Waals surface area (Å²) in [6.45, 7) is 6.70. The minimum Gasteiger partial charge on any atom is -0.406 e. The fourth-order valence-corrected chi connectivity index (χ4v) is 5.18. The van der Waals surface area contributed by atoms with Gasteiger partial charge in [-0.2, -0.15) is 0 Å². The van der Waals surface area contributed by atoms with E-state index in [2.05, 4.69) is 21.5 Å². The van der Waals surface area contributed by atoms with Gasteiger partial charge in [0.15, 0.2) is 0 Å². The number of halogens is 3. The Labute approximate surface area is 215 Å². The summed E-state index contributed by atoms with van der Waals surface area (Å²) in [7, 11) is 3.61. The molecule has 1 aromatic heterocycles. The maximum atomic E-state index is 13.3. The molecule has 0 spiro atoms. The number of piperidine rings is 1. The molecule has 3 unspecified atom stereocenters. The van der Waals surface area contributed by atoms with Gasteiger partial charge in [0.25, 0.3) is 5.91 Å². The highest BCUT2D eigenvalue weighted by atomic mass is 19.4. The molecule has 2 aliphatic rings. The van der Waals surface area contributed by atoms with Crippen molar-refractivity contribution in [1.82, 2.24) is 24.3 Å². The van der Waals surface area contributed by atoms with Crippen LogP contribution in [0.3, 0.4) is 0 Å². The van der Waals surface area contributed by atoms with Crippen molar-refractivity contribution in [3.8, 4) is 5.75 Å². The number of ether oxygens (including phenoxy) is 1. The monoisotopic (exact) mass is 521 g/mol. The van der Waals surface area contributed by atoms with Crippen LogP contribution < -0.4 is 4.74 Å². The van der Waals surface area contributed by atoms with E-state index in [1.807, 2.05) is 14.0 Å². The smallest absolute Gasteiger partial charge is 0.406 e. The van der Waals surface area contributed by atoms with Gasteiger partial charge in [-0.15, -0.1) is 13.2 Å². The van der Waals surface area contributed by atoms with Crippen molar-refractivity contribution >= 4 is 11.8 Å². The minimum absolute atomic E-state index is 0.111. The van der Waals surface area contributed by atoms with Gasteiger partial charge in [-0.3, -0.25) is 14.5 Å². The first-order chi connectivity index (χ1) is 17.4. The number of fused-ring (bicyclic) bond motifs is 1. The molecule has 2 aromatic rings. The van der Waals surface area contributed by atoms with Crippen molar-refractivity contribution in [3.63, 3.8) is 0 Å². The van der Waals surface area contributed by atoms with E-state index in [1.54, 1.807) is 40.0 Å². The van der Waals surface area contributed by atoms with Crippen LogP contribution in [0, 0.1) is 17.8 Å². The molecule has 1 aliphatic heterocycles. The van der Waals surface area contributed by atoms with Crippen LogP contribution in [0.15, 0.2) is 36.8 Å². The highest BCUT2D eigenvalue weighted by Crippen LogP contribution is 2.52. The number of alkyl halides is 3. The van der Waals surface area contributed by atoms with Crippen molar-refractivity contribution in [3.05, 3.63) is 48.0 Å². The maximum absolute atomic E-state index is 13.3. The Hall–Kier alpha value is -3.08. The maximum Gasteiger partial charge on any atom is 0.573 e. The van der Waals surface area contributed by atoms with Crippen molar-refractivity contribution in [2.24, 2.45) is 24.8 Å². The summed E-state index contributed by atoms with van der Waals surface area (Å²) < 4.78 is 43.8. The zero-order valence-electron chi connectivity index (χ0n) is 21.6. The molecule has 2 fully saturated rings. The molecule has 4 rings (SSSR count). The first-order valence-corrected chi connectivity index (χ1v) is 12.5. The lowest BCUT2D eigenvalue weighted by molar-refractivity contribution is -0.274. The van der Waals surface area contributed by atoms with Gasteiger partial charge in [0.2, 0.25) is 5.91 Å². The Bertz CT molecular complexity index is 1110. The summed E-state index contributed by atoms with van der Waals surface area (Å²) in [5, 5.41) is 0. The van der Waals surface area contributed by atoms with Crippen molar-refractivity contribution in [2.45, 2.75) is 39.2 Å². The van der Waals surface area contributed by atoms with Gasteiger partial charge >= 0.3 is 6.36 Å². The van der Waals surface area contributed by atoms with E-state index in [-0.39, 0.29) is 41.8 Å². The van der Waals surface area contributed by atoms with Crippen LogP contribution in [-0.2, 0) is 18.4 Å². The topological polar surface area (TPSA) is 70.9 Å². The number of carbonyl (C=O) groups is 2. The van der Waals surface area contributed by atoms with Crippen molar-refractivity contribution < 1.29 is 27.5 Å². The molecule has 11 heteroatoms. The number of aromatic nitrogens is 2. The SMILES string of the molecule is CCC(C)N(C)C(=O)CN1CC2C(C1)C2CN(Cc1cccc(OC(F)(F)F)c1)C(=O)c1cn(C)cn1. The summed E-state index contributed by atoms with van der Waals surface area (Å²) in [6, 6.07) is 5.90. The molecule has 1 aliphatic carbocycles. The van der Waals surface area contributed by atoms with Crippen molar-refractivity contribution in [1.29, 1.82) is 0 Å². The Morgan fingerprint density at radius 1 is 1.24 bits per heavy atom. The highest BCUT2D eigenvalue weighted by Gasteiger charge is 2.56. The lowest BCUT2D eigenvalue weighted by Gasteiger charge is -2.28. The fraction of sp³-hybridized carbons (Fsp3) is 0.577. The van der Waals surface area contributed by atoms with Crippen LogP contribution in [0.25, 0.3) is 0 Å². The second kappa shape index (κ2) is 10.7. The lowest BCUT2D eigenvalue weighted by Crippen LogP contribution is -2.42. The molecule has 202 valence electrons. The van der Waals surface area contributed by atoms with Gasteiger partial charge in [0, 0.05) is 52.5 Å². The zero-order chi connectivity index (χ0) is 26.9. The second-order valence-electron chi connectivity index (χ2n) is 10.3. The lowest BCUT2D eigenvalue weighted by atomic mass is 10.1. The van der Waals surface area contributed by atoms with Gasteiger partial charge in [0.1, 0.15) is 11.4 Å². The number of benzene rings is 1. The molecule has 1 saturated heterocycles. The molecule has 3 atom stereocenters. The molecule has 2 heterocycles. The van der Waals surface area contributed by atoms with E-state index in [4.69, 9.17) is 0 Å². The molecular weight excluding hydrogens is 487 g/mol. The summed E-state index contributed by atoms with van der Waals surface area (Å²) >= 11 is 0. The molecular formula is C26H34F3N5O3. The quantitative estimate of drug-likeness (QED) is 0.480. The number of likely N-dealkylation sites (tertiary alicyclic amines) is 1. The molecule has 0 N–H and O–H groups in total. The standard InChI is InChI=1S/C26H34F3N5O3/c1-5-17(2)32(4)24(35)15-33-11-20-21(12-33)22(20)13-34(25(36)23-14-31(3)16-30-23)10-18-7-6-8-19(9-18)37-26(27,28)29/h6-9,14,16-17,20-22H,5,10-13,15H2,1-4H3. The fourth-order valence-electron chi connectivity index (χ4n) is 5.18. The first kappa shape index (κ1) is 27.0. The minimum atomic E-state index is -4.79. The van der Waals surface area contributed by atoms with Crippen LogP contribution in [-0.4, -0.2) is 81.7 Å². The Kier molecular flexibility index (Phi) is 7.82. The predicted molar refractivity (Wildman–Crippen MR) is 131 cm³/mol. The number of likely N-dealkylation sites (N-methyl/N-ethyl adjacent to an activating group) is 1. The van der Waals surface area contributed by atoms with Crippen LogP contribution in [0.5, 0.6) is 5.75 Å². The second-order valence-corrected chi connectivity index (χ2v) is 10.3. The predicted octanol–water partition coefficient (Wildman–Crippen LogP) is 3.40. The molecule has 0 bridgehead atoms. The van der Waals surface area contributed by atoms with E-state index < -0.39 is 6.36 Å². The number of carbonyl (C=O) groups excluding carboxylic acids is 2. The Balaban J connectivity index is 1.40. The number of hydrogen-bond donors (Lipinski definition) is 0. The average molecular weight is 522 g/mol. The number of nitrogens with zero attached hydrogens (tertiary/aromatic N) is 5. The summed E-state index contributed by atoms with van der Waals surface area (Å²) in [5.74, 6) is 0.582. The number of rotatable bonds is 10. The third kappa shape index (κ3) is 6.63. The van der Waals surface area contributed by atoms with E-state index in [1.165, 1.54) is 18.2 Å². The zero-order valence-corrected chi connectivity index (χ0v) is 21.6. The van der Waals surface area contributed by atoms with Crippen LogP contribution >= 0.6 is 0 Å². The number of amides is 2. The van der Waals surface area contributed by atoms with Crippen LogP contribution in [0.4, 0.5) is 13.2 Å². The Morgan fingerprint density at radius 3 is 2.54 bits per heavy atom. The average Bonchev–Trinajstić information content (AvgIpc) is 3.16. The molecule has 8 nitrogen and oxygen atoms in total. The summed E-state index contributed by atoms with van der Waals surface area (Å²) in [6.07, 6.45) is -0.709. The number of imidazole rings is 1. The van der Waals surface area contributed by atoms with E-state index in [0.29, 0.717) is 30.5 Å². The van der Waals surface area contributed by atoms with Crippen LogP contribution in [0.1, 0.15) is 36.3 Å². The van der Waals surface area contributed by atoms with Crippen LogP contribution in [0.2, 0.25) is 0 Å².